The molecule has 0 spiro atoms. The van der Waals surface area contributed by atoms with Crippen LogP contribution >= 0.6 is 0 Å². The molecule has 4 amide bonds. The van der Waals surface area contributed by atoms with Gasteiger partial charge in [-0.25, -0.2) is 13.6 Å². The van der Waals surface area contributed by atoms with Gasteiger partial charge in [-0.1, -0.05) is 18.2 Å². The fourth-order valence-electron chi connectivity index (χ4n) is 4.70. The molecule has 0 saturated carbocycles. The number of hydrogen-bond acceptors (Lipinski definition) is 8. The zero-order valence-electron chi connectivity index (χ0n) is 25.6. The maximum absolute atomic E-state index is 13.7. The monoisotopic (exact) mass is 636 g/mol. The topological polar surface area (TPSA) is 163 Å². The zero-order valence-corrected chi connectivity index (χ0v) is 25.6. The largest absolute Gasteiger partial charge is 0.492 e. The van der Waals surface area contributed by atoms with Crippen molar-refractivity contribution in [3.8, 4) is 22.9 Å². The van der Waals surface area contributed by atoms with Crippen LogP contribution in [0.3, 0.4) is 0 Å². The summed E-state index contributed by atoms with van der Waals surface area (Å²) >= 11 is 0. The Morgan fingerprint density at radius 3 is 2.43 bits per heavy atom. The number of hydrogen-bond donors (Lipinski definition) is 3. The molecule has 1 aromatic heterocycles. The number of carbonyl (C=O) groups is 4. The SMILES string of the molecule is CC(C)(C)OC(=O)NCC(=O)NCCOc1ccc(-c2ccc3nccc(C(=O)NCC(=O)N4CC(F)(F)C[C@H]4C#N)c3c2)cc1. The van der Waals surface area contributed by atoms with Crippen molar-refractivity contribution in [3.63, 3.8) is 0 Å². The van der Waals surface area contributed by atoms with Crippen LogP contribution in [0.1, 0.15) is 37.6 Å². The maximum atomic E-state index is 13.7. The van der Waals surface area contributed by atoms with Gasteiger partial charge in [-0.15, -0.1) is 0 Å². The molecule has 2 aromatic carbocycles. The number of likely N-dealkylation sites (tertiary alicyclic amines) is 1. The highest BCUT2D eigenvalue weighted by Crippen LogP contribution is 2.32. The zero-order chi connectivity index (χ0) is 33.5. The van der Waals surface area contributed by atoms with Gasteiger partial charge in [0.05, 0.1) is 43.3 Å². The number of nitrogens with one attached hydrogen (secondary N) is 3. The van der Waals surface area contributed by atoms with Gasteiger partial charge in [0.15, 0.2) is 0 Å². The smallest absolute Gasteiger partial charge is 0.408 e. The van der Waals surface area contributed by atoms with Crippen LogP contribution in [0.15, 0.2) is 54.7 Å². The second-order valence-electron chi connectivity index (χ2n) is 11.6. The summed E-state index contributed by atoms with van der Waals surface area (Å²) in [6.07, 6.45) is 0.0402. The van der Waals surface area contributed by atoms with E-state index in [2.05, 4.69) is 20.9 Å². The van der Waals surface area contributed by atoms with Gasteiger partial charge in [-0.2, -0.15) is 5.26 Å². The predicted octanol–water partition coefficient (Wildman–Crippen LogP) is 3.41. The van der Waals surface area contributed by atoms with Gasteiger partial charge in [0.2, 0.25) is 11.8 Å². The minimum atomic E-state index is -3.15. The molecule has 1 fully saturated rings. The lowest BCUT2D eigenvalue weighted by atomic mass is 10.0. The number of pyridine rings is 1. The number of carbonyl (C=O) groups excluding carboxylic acids is 4. The van der Waals surface area contributed by atoms with Crippen LogP contribution in [0.5, 0.6) is 5.75 Å². The fourth-order valence-corrected chi connectivity index (χ4v) is 4.70. The first-order chi connectivity index (χ1) is 21.7. The number of nitrogens with zero attached hydrogens (tertiary/aromatic N) is 3. The summed E-state index contributed by atoms with van der Waals surface area (Å²) in [6, 6.07) is 14.5. The normalized spacial score (nSPS) is 15.5. The Labute approximate surface area is 264 Å². The third-order valence-corrected chi connectivity index (χ3v) is 6.80. The van der Waals surface area contributed by atoms with Gasteiger partial charge in [0, 0.05) is 18.0 Å². The fraction of sp³-hybridized carbons (Fsp3) is 0.375. The summed E-state index contributed by atoms with van der Waals surface area (Å²) in [4.78, 5) is 54.3. The van der Waals surface area contributed by atoms with E-state index in [1.54, 1.807) is 51.1 Å². The molecule has 1 aliphatic heterocycles. The van der Waals surface area contributed by atoms with Crippen LogP contribution in [-0.2, 0) is 14.3 Å². The molecule has 1 aliphatic rings. The molecule has 4 rings (SSSR count). The Balaban J connectivity index is 1.31. The summed E-state index contributed by atoms with van der Waals surface area (Å²) in [7, 11) is 0. The van der Waals surface area contributed by atoms with E-state index in [-0.39, 0.29) is 31.2 Å². The first kappa shape index (κ1) is 33.6. The van der Waals surface area contributed by atoms with E-state index in [9.17, 15) is 28.0 Å². The van der Waals surface area contributed by atoms with Crippen molar-refractivity contribution in [1.29, 1.82) is 5.26 Å². The highest BCUT2D eigenvalue weighted by molar-refractivity contribution is 6.07. The minimum Gasteiger partial charge on any atom is -0.492 e. The average Bonchev–Trinajstić information content (AvgIpc) is 3.34. The number of aromatic nitrogens is 1. The molecule has 0 unspecified atom stereocenters. The maximum Gasteiger partial charge on any atom is 0.408 e. The van der Waals surface area contributed by atoms with E-state index in [0.29, 0.717) is 16.7 Å². The number of nitriles is 1. The highest BCUT2D eigenvalue weighted by atomic mass is 19.3. The number of amides is 4. The van der Waals surface area contributed by atoms with Gasteiger partial charge in [0.1, 0.15) is 24.0 Å². The quantitative estimate of drug-likeness (QED) is 0.285. The van der Waals surface area contributed by atoms with E-state index in [1.165, 1.54) is 12.3 Å². The number of ether oxygens (including phenoxy) is 2. The Morgan fingerprint density at radius 1 is 1.02 bits per heavy atom. The lowest BCUT2D eigenvalue weighted by molar-refractivity contribution is -0.131. The number of alkyl halides is 2. The lowest BCUT2D eigenvalue weighted by Gasteiger charge is -2.19. The molecule has 0 radical (unpaired) electrons. The number of alkyl carbamates (subject to hydrolysis) is 1. The molecule has 12 nitrogen and oxygen atoms in total. The molecule has 1 atom stereocenters. The second-order valence-corrected chi connectivity index (χ2v) is 11.6. The predicted molar refractivity (Wildman–Crippen MR) is 163 cm³/mol. The highest BCUT2D eigenvalue weighted by Gasteiger charge is 2.47. The van der Waals surface area contributed by atoms with E-state index < -0.39 is 55.0 Å². The molecule has 3 aromatic rings. The summed E-state index contributed by atoms with van der Waals surface area (Å²) in [6.45, 7) is 3.95. The van der Waals surface area contributed by atoms with Crippen molar-refractivity contribution < 1.29 is 37.4 Å². The van der Waals surface area contributed by atoms with Crippen molar-refractivity contribution in [2.24, 2.45) is 0 Å². The van der Waals surface area contributed by atoms with Crippen LogP contribution in [0.25, 0.3) is 22.0 Å². The van der Waals surface area contributed by atoms with Crippen LogP contribution in [0, 0.1) is 11.3 Å². The standard InChI is InChI=1S/C32H34F2N6O6/c1-31(2,3)46-30(44)39-17-27(41)37-12-13-45-23-7-4-20(5-8-23)21-6-9-26-25(14-21)24(10-11-36-26)29(43)38-18-28(42)40-19-32(33,34)15-22(40)16-35/h4-11,14,22H,12-13,15,17-19H2,1-3H3,(H,37,41)(H,38,43)(H,39,44)/t22-/m0/s1. The van der Waals surface area contributed by atoms with Gasteiger partial charge >= 0.3 is 6.09 Å². The van der Waals surface area contributed by atoms with E-state index in [4.69, 9.17) is 14.7 Å². The third-order valence-electron chi connectivity index (χ3n) is 6.80. The Bertz CT molecular complexity index is 1650. The van der Waals surface area contributed by atoms with Crippen molar-refractivity contribution in [3.05, 3.63) is 60.3 Å². The molecule has 0 bridgehead atoms. The number of benzene rings is 2. The molecule has 242 valence electrons. The summed E-state index contributed by atoms with van der Waals surface area (Å²) in [5, 5.41) is 17.2. The first-order valence-electron chi connectivity index (χ1n) is 14.5. The van der Waals surface area contributed by atoms with Crippen molar-refractivity contribution in [1.82, 2.24) is 25.8 Å². The van der Waals surface area contributed by atoms with Crippen molar-refractivity contribution >= 4 is 34.7 Å². The summed E-state index contributed by atoms with van der Waals surface area (Å²) in [5.74, 6) is -4.33. The average molecular weight is 637 g/mol. The number of fused-ring (bicyclic) bond motifs is 1. The summed E-state index contributed by atoms with van der Waals surface area (Å²) in [5.41, 5.74) is 1.71. The summed E-state index contributed by atoms with van der Waals surface area (Å²) < 4.78 is 38.2. The second kappa shape index (κ2) is 14.2. The van der Waals surface area contributed by atoms with Crippen molar-refractivity contribution in [2.75, 3.05) is 32.8 Å². The number of halogens is 2. The van der Waals surface area contributed by atoms with Crippen LogP contribution in [0.4, 0.5) is 13.6 Å². The van der Waals surface area contributed by atoms with Crippen LogP contribution in [0.2, 0.25) is 0 Å². The number of rotatable bonds is 10. The van der Waals surface area contributed by atoms with Crippen molar-refractivity contribution in [2.45, 2.75) is 44.8 Å². The molecule has 46 heavy (non-hydrogen) atoms. The molecular formula is C32H34F2N6O6. The van der Waals surface area contributed by atoms with Gasteiger partial charge in [-0.05, 0) is 62.2 Å². The van der Waals surface area contributed by atoms with Gasteiger partial charge < -0.3 is 30.3 Å². The van der Waals surface area contributed by atoms with Crippen LogP contribution < -0.4 is 20.7 Å². The molecule has 0 aliphatic carbocycles. The van der Waals surface area contributed by atoms with E-state index >= 15 is 0 Å². The van der Waals surface area contributed by atoms with Gasteiger partial charge in [-0.3, -0.25) is 19.4 Å². The molecule has 3 N–H and O–H groups in total. The minimum absolute atomic E-state index is 0.192. The van der Waals surface area contributed by atoms with E-state index in [1.807, 2.05) is 18.2 Å². The Hall–Kier alpha value is -5.32. The molecule has 2 heterocycles. The Morgan fingerprint density at radius 2 is 1.74 bits per heavy atom. The lowest BCUT2D eigenvalue weighted by Crippen LogP contribution is -2.43. The molecular weight excluding hydrogens is 602 g/mol. The molecule has 1 saturated heterocycles. The Kier molecular flexibility index (Phi) is 10.4. The molecule has 14 heteroatoms. The van der Waals surface area contributed by atoms with E-state index in [0.717, 1.165) is 16.0 Å². The van der Waals surface area contributed by atoms with Crippen LogP contribution in [-0.4, -0.2) is 84.0 Å². The first-order valence-corrected chi connectivity index (χ1v) is 14.5. The third kappa shape index (κ3) is 9.10. The van der Waals surface area contributed by atoms with Gasteiger partial charge in [0.25, 0.3) is 11.8 Å².